The smallest absolute Gasteiger partial charge is 0.357 e. The maximum atomic E-state index is 12.2. The summed E-state index contributed by atoms with van der Waals surface area (Å²) < 4.78 is 5.13. The van der Waals surface area contributed by atoms with E-state index in [0.717, 1.165) is 22.9 Å². The Bertz CT molecular complexity index is 951. The third kappa shape index (κ3) is 4.70. The summed E-state index contributed by atoms with van der Waals surface area (Å²) >= 11 is 0. The lowest BCUT2D eigenvalue weighted by molar-refractivity contribution is -0.125. The number of para-hydroxylation sites is 1. The van der Waals surface area contributed by atoms with E-state index in [-0.39, 0.29) is 24.2 Å². The van der Waals surface area contributed by atoms with Crippen molar-refractivity contribution in [1.29, 1.82) is 0 Å². The van der Waals surface area contributed by atoms with Gasteiger partial charge < -0.3 is 10.1 Å². The Morgan fingerprint density at radius 3 is 2.52 bits per heavy atom. The summed E-state index contributed by atoms with van der Waals surface area (Å²) in [5.41, 5.74) is 3.09. The summed E-state index contributed by atoms with van der Waals surface area (Å²) in [7, 11) is 0. The highest BCUT2D eigenvalue weighted by atomic mass is 16.5. The monoisotopic (exact) mass is 362 g/mol. The first kappa shape index (κ1) is 18.6. The molecule has 5 heteroatoms. The SMILES string of the molecule is CC[C@@H](NC(=O)COC(=O)c1ccc2ccccc2n1)c1ccc(C)cc1. The van der Waals surface area contributed by atoms with Gasteiger partial charge in [-0.05, 0) is 31.0 Å². The van der Waals surface area contributed by atoms with Crippen LogP contribution in [0.25, 0.3) is 10.9 Å². The fourth-order valence-corrected chi connectivity index (χ4v) is 2.84. The number of hydrogen-bond donors (Lipinski definition) is 1. The number of hydrogen-bond acceptors (Lipinski definition) is 4. The molecular weight excluding hydrogens is 340 g/mol. The van der Waals surface area contributed by atoms with Crippen molar-refractivity contribution in [3.63, 3.8) is 0 Å². The molecule has 0 spiro atoms. The molecule has 138 valence electrons. The number of carbonyl (C=O) groups is 2. The minimum absolute atomic E-state index is 0.115. The van der Waals surface area contributed by atoms with Crippen molar-refractivity contribution in [2.45, 2.75) is 26.3 Å². The Balaban J connectivity index is 1.58. The van der Waals surface area contributed by atoms with Crippen molar-refractivity contribution in [2.24, 2.45) is 0 Å². The van der Waals surface area contributed by atoms with Gasteiger partial charge in [-0.3, -0.25) is 4.79 Å². The van der Waals surface area contributed by atoms with Crippen LogP contribution in [0.2, 0.25) is 0 Å². The van der Waals surface area contributed by atoms with Gasteiger partial charge in [0.05, 0.1) is 11.6 Å². The highest BCUT2D eigenvalue weighted by Gasteiger charge is 2.16. The van der Waals surface area contributed by atoms with Crippen LogP contribution in [-0.2, 0) is 9.53 Å². The number of aromatic nitrogens is 1. The zero-order valence-electron chi connectivity index (χ0n) is 15.4. The van der Waals surface area contributed by atoms with Crippen LogP contribution in [-0.4, -0.2) is 23.5 Å². The molecule has 0 saturated heterocycles. The van der Waals surface area contributed by atoms with Gasteiger partial charge in [0.15, 0.2) is 6.61 Å². The second-order valence-corrected chi connectivity index (χ2v) is 6.40. The maximum Gasteiger partial charge on any atom is 0.357 e. The van der Waals surface area contributed by atoms with Gasteiger partial charge in [-0.25, -0.2) is 9.78 Å². The van der Waals surface area contributed by atoms with E-state index >= 15 is 0 Å². The van der Waals surface area contributed by atoms with Gasteiger partial charge in [0.1, 0.15) is 5.69 Å². The van der Waals surface area contributed by atoms with Gasteiger partial charge in [0.25, 0.3) is 5.91 Å². The second-order valence-electron chi connectivity index (χ2n) is 6.40. The quantitative estimate of drug-likeness (QED) is 0.674. The molecule has 1 heterocycles. The number of aryl methyl sites for hydroxylation is 1. The topological polar surface area (TPSA) is 68.3 Å². The third-order valence-corrected chi connectivity index (χ3v) is 4.37. The van der Waals surface area contributed by atoms with E-state index in [1.54, 1.807) is 6.07 Å². The van der Waals surface area contributed by atoms with Crippen molar-refractivity contribution in [3.8, 4) is 0 Å². The summed E-state index contributed by atoms with van der Waals surface area (Å²) in [4.78, 5) is 28.7. The predicted octanol–water partition coefficient (Wildman–Crippen LogP) is 3.97. The molecule has 0 bridgehead atoms. The van der Waals surface area contributed by atoms with Gasteiger partial charge in [0, 0.05) is 5.39 Å². The number of nitrogens with zero attached hydrogens (tertiary/aromatic N) is 1. The Hall–Kier alpha value is -3.21. The molecule has 0 saturated carbocycles. The van der Waals surface area contributed by atoms with Crippen molar-refractivity contribution >= 4 is 22.8 Å². The average molecular weight is 362 g/mol. The number of nitrogens with one attached hydrogen (secondary N) is 1. The molecular formula is C22H22N2O3. The van der Waals surface area contributed by atoms with Crippen LogP contribution in [0, 0.1) is 6.92 Å². The van der Waals surface area contributed by atoms with Crippen molar-refractivity contribution in [2.75, 3.05) is 6.61 Å². The lowest BCUT2D eigenvalue weighted by atomic mass is 10.0. The molecule has 1 amide bonds. The van der Waals surface area contributed by atoms with Crippen LogP contribution < -0.4 is 5.32 Å². The van der Waals surface area contributed by atoms with Crippen molar-refractivity contribution in [1.82, 2.24) is 10.3 Å². The largest absolute Gasteiger partial charge is 0.451 e. The average Bonchev–Trinajstić information content (AvgIpc) is 2.70. The summed E-state index contributed by atoms with van der Waals surface area (Å²) in [5, 5.41) is 3.84. The molecule has 0 radical (unpaired) electrons. The van der Waals surface area contributed by atoms with Crippen molar-refractivity contribution in [3.05, 3.63) is 77.5 Å². The van der Waals surface area contributed by atoms with Gasteiger partial charge >= 0.3 is 5.97 Å². The van der Waals surface area contributed by atoms with Crippen LogP contribution in [0.3, 0.4) is 0 Å². The number of benzene rings is 2. The van der Waals surface area contributed by atoms with Crippen LogP contribution in [0.4, 0.5) is 0 Å². The van der Waals surface area contributed by atoms with E-state index in [9.17, 15) is 9.59 Å². The number of carbonyl (C=O) groups excluding carboxylic acids is 2. The molecule has 1 atom stereocenters. The van der Waals surface area contributed by atoms with Crippen LogP contribution in [0.5, 0.6) is 0 Å². The van der Waals surface area contributed by atoms with Gasteiger partial charge in [0.2, 0.25) is 0 Å². The Labute approximate surface area is 158 Å². The molecule has 2 aromatic carbocycles. The lowest BCUT2D eigenvalue weighted by Gasteiger charge is -2.17. The van der Waals surface area contributed by atoms with Gasteiger partial charge in [-0.15, -0.1) is 0 Å². The number of esters is 1. The van der Waals surface area contributed by atoms with E-state index in [4.69, 9.17) is 4.74 Å². The maximum absolute atomic E-state index is 12.2. The van der Waals surface area contributed by atoms with Gasteiger partial charge in [-0.2, -0.15) is 0 Å². The van der Waals surface area contributed by atoms with Crippen LogP contribution >= 0.6 is 0 Å². The fraction of sp³-hybridized carbons (Fsp3) is 0.227. The molecule has 5 nitrogen and oxygen atoms in total. The number of amides is 1. The molecule has 1 N–H and O–H groups in total. The Kier molecular flexibility index (Phi) is 5.81. The molecule has 0 fully saturated rings. The standard InChI is InChI=1S/C22H22N2O3/c1-3-18(17-10-8-15(2)9-11-17)24-21(25)14-27-22(26)20-13-12-16-6-4-5-7-19(16)23-20/h4-13,18H,3,14H2,1-2H3,(H,24,25)/t18-/m1/s1. The lowest BCUT2D eigenvalue weighted by Crippen LogP contribution is -2.32. The molecule has 0 aliphatic heterocycles. The zero-order valence-corrected chi connectivity index (χ0v) is 15.4. The summed E-state index contributed by atoms with van der Waals surface area (Å²) in [5.74, 6) is -0.948. The first-order valence-electron chi connectivity index (χ1n) is 8.95. The molecule has 0 aliphatic carbocycles. The fourth-order valence-electron chi connectivity index (χ4n) is 2.84. The zero-order chi connectivity index (χ0) is 19.2. The highest BCUT2D eigenvalue weighted by molar-refractivity contribution is 5.92. The molecule has 0 aliphatic rings. The molecule has 3 rings (SSSR count). The van der Waals surface area contributed by atoms with E-state index in [1.165, 1.54) is 0 Å². The number of fused-ring (bicyclic) bond motifs is 1. The van der Waals surface area contributed by atoms with E-state index < -0.39 is 5.97 Å². The third-order valence-electron chi connectivity index (χ3n) is 4.37. The first-order valence-corrected chi connectivity index (χ1v) is 8.95. The normalized spacial score (nSPS) is 11.8. The second kappa shape index (κ2) is 8.45. The van der Waals surface area contributed by atoms with E-state index in [1.807, 2.05) is 68.4 Å². The summed E-state index contributed by atoms with van der Waals surface area (Å²) in [6.45, 7) is 3.68. The number of rotatable bonds is 6. The highest BCUT2D eigenvalue weighted by Crippen LogP contribution is 2.17. The minimum Gasteiger partial charge on any atom is -0.451 e. The minimum atomic E-state index is -0.612. The van der Waals surface area contributed by atoms with Crippen molar-refractivity contribution < 1.29 is 14.3 Å². The molecule has 27 heavy (non-hydrogen) atoms. The first-order chi connectivity index (χ1) is 13.1. The van der Waals surface area contributed by atoms with E-state index in [0.29, 0.717) is 5.52 Å². The van der Waals surface area contributed by atoms with E-state index in [2.05, 4.69) is 10.3 Å². The van der Waals surface area contributed by atoms with Gasteiger partial charge in [-0.1, -0.05) is 61.0 Å². The molecule has 0 unspecified atom stereocenters. The summed E-state index contributed by atoms with van der Waals surface area (Å²) in [6.07, 6.45) is 0.745. The molecule has 3 aromatic rings. The number of pyridine rings is 1. The molecule has 1 aromatic heterocycles. The summed E-state index contributed by atoms with van der Waals surface area (Å²) in [6, 6.07) is 18.8. The number of ether oxygens (including phenoxy) is 1. The predicted molar refractivity (Wildman–Crippen MR) is 104 cm³/mol. The van der Waals surface area contributed by atoms with Crippen LogP contribution in [0.15, 0.2) is 60.7 Å². The Morgan fingerprint density at radius 2 is 1.78 bits per heavy atom. The Morgan fingerprint density at radius 1 is 1.04 bits per heavy atom. The van der Waals surface area contributed by atoms with Crippen LogP contribution in [0.1, 0.15) is 41.0 Å².